The highest BCUT2D eigenvalue weighted by molar-refractivity contribution is 6.11. The number of hydrogen-bond acceptors (Lipinski definition) is 2. The van der Waals surface area contributed by atoms with E-state index in [-0.39, 0.29) is 5.54 Å². The maximum atomic E-state index is 2.66. The fourth-order valence-corrected chi connectivity index (χ4v) is 9.74. The first-order valence-electron chi connectivity index (χ1n) is 21.1. The topological polar surface area (TPSA) is 11.4 Å². The summed E-state index contributed by atoms with van der Waals surface area (Å²) in [5.41, 5.74) is 14.6. The van der Waals surface area contributed by atoms with Crippen molar-refractivity contribution < 1.29 is 0 Å². The van der Waals surface area contributed by atoms with Gasteiger partial charge in [-0.1, -0.05) is 155 Å². The van der Waals surface area contributed by atoms with Gasteiger partial charge in [0.05, 0.1) is 22.3 Å². The predicted octanol–water partition coefficient (Wildman–Crippen LogP) is 15.3. The summed E-state index contributed by atoms with van der Waals surface area (Å²) in [4.78, 5) is 5.11. The van der Waals surface area contributed by atoms with Crippen LogP contribution in [0.3, 0.4) is 0 Å². The van der Waals surface area contributed by atoms with Gasteiger partial charge in [-0.15, -0.1) is 0 Å². The van der Waals surface area contributed by atoms with Crippen LogP contribution in [-0.2, 0) is 5.54 Å². The Balaban J connectivity index is 1.16. The molecule has 3 heteroatoms. The van der Waals surface area contributed by atoms with Gasteiger partial charge in [-0.2, -0.15) is 0 Å². The van der Waals surface area contributed by atoms with Gasteiger partial charge in [0.1, 0.15) is 6.04 Å². The van der Waals surface area contributed by atoms with E-state index in [9.17, 15) is 0 Å². The molecule has 1 aliphatic heterocycles. The Morgan fingerprint density at radius 3 is 1.83 bits per heavy atom. The normalized spacial score (nSPS) is 13.9. The van der Waals surface area contributed by atoms with E-state index in [1.807, 2.05) is 0 Å². The minimum absolute atomic E-state index is 0.261. The van der Waals surface area contributed by atoms with Gasteiger partial charge in [0.2, 0.25) is 0 Å². The lowest BCUT2D eigenvalue weighted by Crippen LogP contribution is -2.40. The molecule has 0 atom stereocenters. The van der Waals surface area contributed by atoms with E-state index in [1.54, 1.807) is 0 Å². The molecule has 0 saturated heterocycles. The Kier molecular flexibility index (Phi) is 8.94. The molecule has 0 fully saturated rings. The van der Waals surface area contributed by atoms with E-state index in [2.05, 4.69) is 238 Å². The third kappa shape index (κ3) is 5.94. The molecule has 10 rings (SSSR count). The van der Waals surface area contributed by atoms with Gasteiger partial charge in [-0.05, 0) is 113 Å². The summed E-state index contributed by atoms with van der Waals surface area (Å²) in [5.74, 6) is 0.750. The van der Waals surface area contributed by atoms with Crippen molar-refractivity contribution in [3.8, 4) is 5.69 Å². The van der Waals surface area contributed by atoms with E-state index in [0.717, 1.165) is 22.7 Å². The highest BCUT2D eigenvalue weighted by atomic mass is 15.3. The van der Waals surface area contributed by atoms with Crippen molar-refractivity contribution in [1.29, 1.82) is 0 Å². The third-order valence-electron chi connectivity index (χ3n) is 12.5. The number of para-hydroxylation sites is 3. The van der Waals surface area contributed by atoms with E-state index in [0.29, 0.717) is 11.8 Å². The van der Waals surface area contributed by atoms with Crippen LogP contribution in [0, 0.1) is 6.04 Å². The molecular weight excluding hydrogens is 715 g/mol. The lowest BCUT2D eigenvalue weighted by molar-refractivity contribution is 0.529. The van der Waals surface area contributed by atoms with Gasteiger partial charge in [-0.3, -0.25) is 0 Å². The molecule has 59 heavy (non-hydrogen) atoms. The summed E-state index contributed by atoms with van der Waals surface area (Å²) in [6.45, 7) is 14.1. The monoisotopic (exact) mass is 764 g/mol. The van der Waals surface area contributed by atoms with Crippen molar-refractivity contribution >= 4 is 55.3 Å². The maximum absolute atomic E-state index is 2.66. The molecule has 9 aromatic rings. The molecule has 0 spiro atoms. The average Bonchev–Trinajstić information content (AvgIpc) is 3.72. The second-order valence-electron chi connectivity index (χ2n) is 17.2. The Morgan fingerprint density at radius 2 is 1.08 bits per heavy atom. The number of benzene rings is 8. The minimum atomic E-state index is -0.261. The molecule has 1 aromatic heterocycles. The van der Waals surface area contributed by atoms with Gasteiger partial charge in [-0.25, -0.2) is 0 Å². The smallest absolute Gasteiger partial charge is 0.124 e. The fraction of sp³-hybridized carbons (Fsp3) is 0.161. The Hall–Kier alpha value is -6.58. The molecule has 0 amide bonds. The quantitative estimate of drug-likeness (QED) is 0.153. The van der Waals surface area contributed by atoms with Crippen LogP contribution in [0.25, 0.3) is 38.3 Å². The number of nitrogens with zero attached hydrogens (tertiary/aromatic N) is 3. The Bertz CT molecular complexity index is 2960. The molecule has 0 unspecified atom stereocenters. The zero-order valence-corrected chi connectivity index (χ0v) is 34.8. The molecule has 8 aromatic carbocycles. The van der Waals surface area contributed by atoms with E-state index < -0.39 is 0 Å². The minimum Gasteiger partial charge on any atom is -0.345 e. The van der Waals surface area contributed by atoms with Crippen LogP contribution in [0.4, 0.5) is 22.7 Å². The molecule has 0 saturated carbocycles. The van der Waals surface area contributed by atoms with Crippen LogP contribution in [0.5, 0.6) is 0 Å². The van der Waals surface area contributed by atoms with Crippen LogP contribution in [0.1, 0.15) is 81.2 Å². The lowest BCUT2D eigenvalue weighted by atomic mass is 9.88. The standard InChI is InChI=1S/C56H50N3/c1-37(2)44-25-17-26-45(38(3)4)55(44)59-54(48-24-12-14-27-50(48)56(59,5)6)40-30-32-42(33-31-40)57(51-29-16-19-39-18-10-11-22-46(39)51)43-34-35-53-49(36-43)47-23-13-15-28-52(47)58(53)41-20-8-7-9-21-41/h7-38H,1-6H3. The first-order chi connectivity index (χ1) is 28.7. The SMILES string of the molecule is CC(C)c1cccc(C(C)C)c1N1[C](c2ccc(N(c3ccc4c(c3)c3ccccc3n4-c3ccccc3)c3cccc4ccccc34)cc2)c2ccccc2C1(C)C. The van der Waals surface area contributed by atoms with Crippen LogP contribution in [0.2, 0.25) is 0 Å². The molecule has 3 nitrogen and oxygen atoms in total. The van der Waals surface area contributed by atoms with Crippen molar-refractivity contribution in [3.05, 3.63) is 216 Å². The number of hydrogen-bond donors (Lipinski definition) is 0. The predicted molar refractivity (Wildman–Crippen MR) is 251 cm³/mol. The first-order valence-corrected chi connectivity index (χ1v) is 21.1. The molecule has 0 N–H and O–H groups in total. The molecular formula is C56H50N3. The number of fused-ring (bicyclic) bond motifs is 5. The lowest BCUT2D eigenvalue weighted by Gasteiger charge is -2.42. The summed E-state index contributed by atoms with van der Waals surface area (Å²) in [5, 5.41) is 4.89. The molecule has 1 radical (unpaired) electrons. The van der Waals surface area contributed by atoms with Gasteiger partial charge >= 0.3 is 0 Å². The van der Waals surface area contributed by atoms with Crippen LogP contribution >= 0.6 is 0 Å². The number of rotatable bonds is 8. The second kappa shape index (κ2) is 14.4. The van der Waals surface area contributed by atoms with Crippen molar-refractivity contribution in [2.45, 2.75) is 58.9 Å². The van der Waals surface area contributed by atoms with E-state index >= 15 is 0 Å². The molecule has 0 aliphatic carbocycles. The Labute approximate surface area is 348 Å². The molecule has 0 bridgehead atoms. The molecule has 1 aliphatic rings. The average molecular weight is 765 g/mol. The summed E-state index contributed by atoms with van der Waals surface area (Å²) in [7, 11) is 0. The Morgan fingerprint density at radius 1 is 0.492 bits per heavy atom. The zero-order valence-electron chi connectivity index (χ0n) is 34.8. The van der Waals surface area contributed by atoms with Gasteiger partial charge in [0.15, 0.2) is 0 Å². The largest absolute Gasteiger partial charge is 0.345 e. The highest BCUT2D eigenvalue weighted by Gasteiger charge is 2.47. The first kappa shape index (κ1) is 36.7. The van der Waals surface area contributed by atoms with Crippen LogP contribution < -0.4 is 9.80 Å². The summed E-state index contributed by atoms with van der Waals surface area (Å²) >= 11 is 0. The van der Waals surface area contributed by atoms with Gasteiger partial charge < -0.3 is 14.4 Å². The van der Waals surface area contributed by atoms with E-state index in [1.165, 1.54) is 72.1 Å². The van der Waals surface area contributed by atoms with Crippen molar-refractivity contribution in [3.63, 3.8) is 0 Å². The molecule has 289 valence electrons. The fourth-order valence-electron chi connectivity index (χ4n) is 9.74. The van der Waals surface area contributed by atoms with Crippen LogP contribution in [0.15, 0.2) is 182 Å². The molecule has 2 heterocycles. The summed E-state index contributed by atoms with van der Waals surface area (Å²) in [6.07, 6.45) is 0. The summed E-state index contributed by atoms with van der Waals surface area (Å²) in [6, 6.07) is 68.4. The third-order valence-corrected chi connectivity index (χ3v) is 12.5. The van der Waals surface area contributed by atoms with Crippen LogP contribution in [-0.4, -0.2) is 4.57 Å². The van der Waals surface area contributed by atoms with Gasteiger partial charge in [0.25, 0.3) is 0 Å². The zero-order chi connectivity index (χ0) is 40.4. The van der Waals surface area contributed by atoms with Crippen molar-refractivity contribution in [1.82, 2.24) is 4.57 Å². The van der Waals surface area contributed by atoms with E-state index in [4.69, 9.17) is 0 Å². The maximum Gasteiger partial charge on any atom is 0.124 e. The van der Waals surface area contributed by atoms with Gasteiger partial charge in [0, 0.05) is 38.9 Å². The summed E-state index contributed by atoms with van der Waals surface area (Å²) < 4.78 is 2.39. The highest BCUT2D eigenvalue weighted by Crippen LogP contribution is 2.54. The number of anilines is 4. The number of aromatic nitrogens is 1. The second-order valence-corrected chi connectivity index (χ2v) is 17.2. The van der Waals surface area contributed by atoms with Crippen molar-refractivity contribution in [2.75, 3.05) is 9.80 Å². The van der Waals surface area contributed by atoms with Crippen molar-refractivity contribution in [2.24, 2.45) is 0 Å².